The lowest BCUT2D eigenvalue weighted by Gasteiger charge is -2.21. The maximum Gasteiger partial charge on any atom is 0.222 e. The van der Waals surface area contributed by atoms with Gasteiger partial charge in [-0.3, -0.25) is 9.59 Å². The van der Waals surface area contributed by atoms with Crippen molar-refractivity contribution < 1.29 is 14.0 Å². The second-order valence-electron chi connectivity index (χ2n) is 6.04. The number of amides is 2. The molecule has 0 spiro atoms. The van der Waals surface area contributed by atoms with E-state index in [0.29, 0.717) is 31.1 Å². The molecule has 0 fully saturated rings. The summed E-state index contributed by atoms with van der Waals surface area (Å²) >= 11 is 5.97. The number of rotatable bonds is 8. The molecule has 0 saturated carbocycles. The average Bonchev–Trinajstić information content (AvgIpc) is 2.61. The smallest absolute Gasteiger partial charge is 0.222 e. The van der Waals surface area contributed by atoms with Crippen LogP contribution in [0.5, 0.6) is 0 Å². The second kappa shape index (κ2) is 9.92. The first-order valence-electron chi connectivity index (χ1n) is 8.45. The Morgan fingerprint density at radius 1 is 1.08 bits per heavy atom. The molecule has 0 heterocycles. The fourth-order valence-electron chi connectivity index (χ4n) is 2.51. The van der Waals surface area contributed by atoms with Crippen molar-refractivity contribution in [3.8, 4) is 0 Å². The van der Waals surface area contributed by atoms with Gasteiger partial charge in [0.1, 0.15) is 5.82 Å². The fourth-order valence-corrected chi connectivity index (χ4v) is 2.72. The Kier molecular flexibility index (Phi) is 7.60. The lowest BCUT2D eigenvalue weighted by Crippen LogP contribution is -2.35. The van der Waals surface area contributed by atoms with Gasteiger partial charge >= 0.3 is 0 Å². The minimum Gasteiger partial charge on any atom is -0.352 e. The minimum atomic E-state index is -0.308. The molecule has 6 heteroatoms. The molecule has 0 aliphatic rings. The highest BCUT2D eigenvalue weighted by Crippen LogP contribution is 2.11. The van der Waals surface area contributed by atoms with Crippen LogP contribution < -0.4 is 5.32 Å². The molecular weight excluding hydrogens is 355 g/mol. The molecular formula is C20H22ClFN2O2. The zero-order valence-corrected chi connectivity index (χ0v) is 15.4. The maximum atomic E-state index is 12.9. The van der Waals surface area contributed by atoms with E-state index in [1.54, 1.807) is 23.1 Å². The van der Waals surface area contributed by atoms with E-state index in [1.165, 1.54) is 19.1 Å². The van der Waals surface area contributed by atoms with Gasteiger partial charge in [-0.25, -0.2) is 4.39 Å². The number of carbonyl (C=O) groups excluding carboxylic acids is 2. The first-order chi connectivity index (χ1) is 12.4. The van der Waals surface area contributed by atoms with E-state index >= 15 is 0 Å². The fraction of sp³-hybridized carbons (Fsp3) is 0.300. The molecule has 0 bridgehead atoms. The van der Waals surface area contributed by atoms with Gasteiger partial charge in [0.15, 0.2) is 0 Å². The van der Waals surface area contributed by atoms with Crippen LogP contribution in [0.4, 0.5) is 4.39 Å². The Bertz CT molecular complexity index is 750. The topological polar surface area (TPSA) is 49.4 Å². The van der Waals surface area contributed by atoms with E-state index < -0.39 is 0 Å². The van der Waals surface area contributed by atoms with Crippen LogP contribution in [0, 0.1) is 5.82 Å². The highest BCUT2D eigenvalue weighted by Gasteiger charge is 2.11. The van der Waals surface area contributed by atoms with Gasteiger partial charge in [0.2, 0.25) is 11.8 Å². The Morgan fingerprint density at radius 3 is 2.46 bits per heavy atom. The molecule has 0 aliphatic carbocycles. The molecule has 2 aromatic rings. The quantitative estimate of drug-likeness (QED) is 0.765. The van der Waals surface area contributed by atoms with Crippen molar-refractivity contribution in [3.63, 3.8) is 0 Å². The van der Waals surface area contributed by atoms with Crippen molar-refractivity contribution in [2.45, 2.75) is 26.3 Å². The van der Waals surface area contributed by atoms with Crippen molar-refractivity contribution in [2.75, 3.05) is 13.1 Å². The summed E-state index contributed by atoms with van der Waals surface area (Å²) in [6.45, 7) is 2.71. The summed E-state index contributed by atoms with van der Waals surface area (Å²) in [7, 11) is 0. The lowest BCUT2D eigenvalue weighted by molar-refractivity contribution is -0.129. The summed E-state index contributed by atoms with van der Waals surface area (Å²) in [6, 6.07) is 13.5. The molecule has 0 atom stereocenters. The van der Waals surface area contributed by atoms with Gasteiger partial charge in [-0.1, -0.05) is 35.9 Å². The predicted molar refractivity (Wildman–Crippen MR) is 100 cm³/mol. The highest BCUT2D eigenvalue weighted by molar-refractivity contribution is 6.30. The van der Waals surface area contributed by atoms with E-state index in [2.05, 4.69) is 5.32 Å². The van der Waals surface area contributed by atoms with Crippen molar-refractivity contribution in [2.24, 2.45) is 0 Å². The van der Waals surface area contributed by atoms with Crippen LogP contribution in [-0.4, -0.2) is 29.8 Å². The molecule has 2 rings (SSSR count). The normalized spacial score (nSPS) is 10.4. The Hall–Kier alpha value is -2.40. The Balaban J connectivity index is 1.77. The third-order valence-corrected chi connectivity index (χ3v) is 4.25. The first-order valence-corrected chi connectivity index (χ1v) is 8.83. The molecule has 4 nitrogen and oxygen atoms in total. The van der Waals surface area contributed by atoms with Gasteiger partial charge in [-0.05, 0) is 41.8 Å². The van der Waals surface area contributed by atoms with Crippen LogP contribution in [0.15, 0.2) is 48.5 Å². The van der Waals surface area contributed by atoms with E-state index in [1.807, 2.05) is 18.2 Å². The Morgan fingerprint density at radius 2 is 1.81 bits per heavy atom. The number of hydrogen-bond acceptors (Lipinski definition) is 2. The average molecular weight is 377 g/mol. The van der Waals surface area contributed by atoms with Crippen molar-refractivity contribution in [1.82, 2.24) is 10.2 Å². The SMILES string of the molecule is CC(=O)N(CCC(=O)NCc1ccc(F)cc1)CCc1cccc(Cl)c1. The molecule has 0 aliphatic heterocycles. The third kappa shape index (κ3) is 6.84. The number of nitrogens with one attached hydrogen (secondary N) is 1. The molecule has 138 valence electrons. The largest absolute Gasteiger partial charge is 0.352 e. The Labute approximate surface area is 158 Å². The van der Waals surface area contributed by atoms with E-state index in [0.717, 1.165) is 11.1 Å². The van der Waals surface area contributed by atoms with Crippen molar-refractivity contribution in [1.29, 1.82) is 0 Å². The number of hydrogen-bond donors (Lipinski definition) is 1. The summed E-state index contributed by atoms with van der Waals surface area (Å²) in [5.41, 5.74) is 1.87. The second-order valence-corrected chi connectivity index (χ2v) is 6.48. The van der Waals surface area contributed by atoms with Crippen LogP contribution in [0.1, 0.15) is 24.5 Å². The zero-order chi connectivity index (χ0) is 18.9. The van der Waals surface area contributed by atoms with Gasteiger partial charge < -0.3 is 10.2 Å². The predicted octanol–water partition coefficient (Wildman–Crippen LogP) is 3.58. The molecule has 2 amide bonds. The standard InChI is InChI=1S/C20H22ClFN2O2/c1-15(25)24(11-9-16-3-2-4-18(21)13-16)12-10-20(26)23-14-17-5-7-19(22)8-6-17/h2-8,13H,9-12,14H2,1H3,(H,23,26). The molecule has 0 radical (unpaired) electrons. The molecule has 0 saturated heterocycles. The molecule has 0 aromatic heterocycles. The summed E-state index contributed by atoms with van der Waals surface area (Å²) in [4.78, 5) is 25.4. The van der Waals surface area contributed by atoms with Crippen LogP contribution in [-0.2, 0) is 22.6 Å². The van der Waals surface area contributed by atoms with Crippen LogP contribution in [0.3, 0.4) is 0 Å². The minimum absolute atomic E-state index is 0.0710. The zero-order valence-electron chi connectivity index (χ0n) is 14.7. The maximum absolute atomic E-state index is 12.9. The summed E-state index contributed by atoms with van der Waals surface area (Å²) in [5, 5.41) is 3.44. The molecule has 0 unspecified atom stereocenters. The molecule has 2 aromatic carbocycles. The number of halogens is 2. The molecule has 1 N–H and O–H groups in total. The van der Waals surface area contributed by atoms with Gasteiger partial charge in [0.05, 0.1) is 0 Å². The van der Waals surface area contributed by atoms with Gasteiger partial charge in [0.25, 0.3) is 0 Å². The number of benzene rings is 2. The number of nitrogens with zero attached hydrogens (tertiary/aromatic N) is 1. The van der Waals surface area contributed by atoms with Crippen molar-refractivity contribution >= 4 is 23.4 Å². The van der Waals surface area contributed by atoms with Crippen LogP contribution >= 0.6 is 11.6 Å². The first kappa shape index (κ1) is 19.9. The van der Waals surface area contributed by atoms with Crippen LogP contribution in [0.25, 0.3) is 0 Å². The number of carbonyl (C=O) groups is 2. The summed E-state index contributed by atoms with van der Waals surface area (Å²) in [5.74, 6) is -0.529. The highest BCUT2D eigenvalue weighted by atomic mass is 35.5. The summed E-state index contributed by atoms with van der Waals surface area (Å²) < 4.78 is 12.9. The van der Waals surface area contributed by atoms with E-state index in [9.17, 15) is 14.0 Å². The molecule has 26 heavy (non-hydrogen) atoms. The van der Waals surface area contributed by atoms with Crippen LogP contribution in [0.2, 0.25) is 5.02 Å². The summed E-state index contributed by atoms with van der Waals surface area (Å²) in [6.07, 6.45) is 0.896. The van der Waals surface area contributed by atoms with Gasteiger partial charge in [-0.2, -0.15) is 0 Å². The van der Waals surface area contributed by atoms with Gasteiger partial charge in [-0.15, -0.1) is 0 Å². The lowest BCUT2D eigenvalue weighted by atomic mass is 10.1. The third-order valence-electron chi connectivity index (χ3n) is 4.02. The van der Waals surface area contributed by atoms with Crippen molar-refractivity contribution in [3.05, 3.63) is 70.5 Å². The van der Waals surface area contributed by atoms with E-state index in [4.69, 9.17) is 11.6 Å². The van der Waals surface area contributed by atoms with Gasteiger partial charge in [0, 0.05) is 38.0 Å². The monoisotopic (exact) mass is 376 g/mol. The van der Waals surface area contributed by atoms with E-state index in [-0.39, 0.29) is 24.1 Å².